The van der Waals surface area contributed by atoms with E-state index in [4.69, 9.17) is 4.74 Å². The molecule has 0 radical (unpaired) electrons. The summed E-state index contributed by atoms with van der Waals surface area (Å²) in [5, 5.41) is 0. The Morgan fingerprint density at radius 1 is 1.10 bits per heavy atom. The van der Waals surface area contributed by atoms with Gasteiger partial charge in [-0.3, -0.25) is 0 Å². The molecule has 0 bridgehead atoms. The van der Waals surface area contributed by atoms with Crippen molar-refractivity contribution in [3.63, 3.8) is 0 Å². The Balaban J connectivity index is 5.16. The van der Waals surface area contributed by atoms with Crippen LogP contribution in [0.25, 0.3) is 0 Å². The number of carbonyl (C=O) groups is 1. The standard InChI is InChI=1S/C16H30O2Si2/c1-16(2,3)18-15(17)14(13-20(7,8)9)11-10-12-19(4,5)6/h13H,11H2,1-9H3/b14-13-. The first-order chi connectivity index (χ1) is 8.70. The number of rotatable bonds is 3. The van der Waals surface area contributed by atoms with E-state index in [2.05, 4.69) is 56.4 Å². The van der Waals surface area contributed by atoms with Crippen molar-refractivity contribution in [3.05, 3.63) is 11.3 Å². The molecule has 0 amide bonds. The third-order valence-corrected chi connectivity index (χ3v) is 4.15. The lowest BCUT2D eigenvalue weighted by Crippen LogP contribution is -2.27. The molecule has 0 fully saturated rings. The Labute approximate surface area is 127 Å². The van der Waals surface area contributed by atoms with Gasteiger partial charge in [0, 0.05) is 12.0 Å². The highest BCUT2D eigenvalue weighted by molar-refractivity contribution is 6.84. The summed E-state index contributed by atoms with van der Waals surface area (Å²) in [5.74, 6) is 2.96. The van der Waals surface area contributed by atoms with Crippen molar-refractivity contribution in [1.82, 2.24) is 0 Å². The summed E-state index contributed by atoms with van der Waals surface area (Å²) in [7, 11) is -2.87. The zero-order valence-electron chi connectivity index (χ0n) is 14.6. The second-order valence-corrected chi connectivity index (χ2v) is 18.0. The Morgan fingerprint density at radius 3 is 1.95 bits per heavy atom. The van der Waals surface area contributed by atoms with Crippen LogP contribution in [0.5, 0.6) is 0 Å². The molecule has 0 aromatic rings. The summed E-state index contributed by atoms with van der Waals surface area (Å²) >= 11 is 0. The van der Waals surface area contributed by atoms with E-state index in [0.29, 0.717) is 6.42 Å². The van der Waals surface area contributed by atoms with Crippen LogP contribution < -0.4 is 0 Å². The lowest BCUT2D eigenvalue weighted by Gasteiger charge is -2.21. The minimum Gasteiger partial charge on any atom is -0.457 e. The highest BCUT2D eigenvalue weighted by Gasteiger charge is 2.22. The van der Waals surface area contributed by atoms with Gasteiger partial charge in [-0.1, -0.05) is 45.0 Å². The molecule has 0 N–H and O–H groups in total. The lowest BCUT2D eigenvalue weighted by molar-refractivity contribution is -0.149. The second-order valence-electron chi connectivity index (χ2n) is 8.27. The minimum atomic E-state index is -1.47. The van der Waals surface area contributed by atoms with E-state index >= 15 is 0 Å². The van der Waals surface area contributed by atoms with Gasteiger partial charge in [-0.2, -0.15) is 0 Å². The van der Waals surface area contributed by atoms with Crippen LogP contribution in [0.2, 0.25) is 39.3 Å². The van der Waals surface area contributed by atoms with Gasteiger partial charge in [0.15, 0.2) is 0 Å². The maximum atomic E-state index is 12.3. The predicted molar refractivity (Wildman–Crippen MR) is 93.0 cm³/mol. The zero-order chi connectivity index (χ0) is 16.2. The third kappa shape index (κ3) is 11.1. The maximum absolute atomic E-state index is 12.3. The van der Waals surface area contributed by atoms with Gasteiger partial charge >= 0.3 is 5.97 Å². The number of hydrogen-bond acceptors (Lipinski definition) is 2. The van der Waals surface area contributed by atoms with Crippen LogP contribution >= 0.6 is 0 Å². The Morgan fingerprint density at radius 2 is 1.60 bits per heavy atom. The fraction of sp³-hybridized carbons (Fsp3) is 0.688. The van der Waals surface area contributed by atoms with Gasteiger partial charge in [0.05, 0.1) is 8.07 Å². The summed E-state index contributed by atoms with van der Waals surface area (Å²) in [6.07, 6.45) is 0.503. The summed E-state index contributed by atoms with van der Waals surface area (Å²) < 4.78 is 5.49. The van der Waals surface area contributed by atoms with Crippen molar-refractivity contribution in [3.8, 4) is 11.5 Å². The van der Waals surface area contributed by atoms with Crippen molar-refractivity contribution in [2.75, 3.05) is 0 Å². The SMILES string of the molecule is CC(C)(C)OC(=O)/C(=C\[Si](C)(C)C)CC#C[Si](C)(C)C. The topological polar surface area (TPSA) is 26.3 Å². The van der Waals surface area contributed by atoms with Gasteiger partial charge < -0.3 is 4.74 Å². The smallest absolute Gasteiger partial charge is 0.334 e. The molecule has 0 aromatic heterocycles. The fourth-order valence-electron chi connectivity index (χ4n) is 1.45. The highest BCUT2D eigenvalue weighted by Crippen LogP contribution is 2.16. The first kappa shape index (κ1) is 19.2. The van der Waals surface area contributed by atoms with Crippen molar-refractivity contribution in [2.24, 2.45) is 0 Å². The number of ether oxygens (including phenoxy) is 1. The molecule has 0 rings (SSSR count). The maximum Gasteiger partial charge on any atom is 0.334 e. The van der Waals surface area contributed by atoms with E-state index < -0.39 is 21.7 Å². The van der Waals surface area contributed by atoms with Crippen molar-refractivity contribution >= 4 is 22.1 Å². The van der Waals surface area contributed by atoms with Crippen LogP contribution in [0.3, 0.4) is 0 Å². The molecular weight excluding hydrogens is 280 g/mol. The fourth-order valence-corrected chi connectivity index (χ4v) is 3.34. The van der Waals surface area contributed by atoms with Crippen LogP contribution in [-0.4, -0.2) is 27.7 Å². The molecule has 0 saturated carbocycles. The number of carbonyl (C=O) groups excluding carboxylic acids is 1. The van der Waals surface area contributed by atoms with E-state index in [1.165, 1.54) is 0 Å². The molecule has 114 valence electrons. The lowest BCUT2D eigenvalue weighted by atomic mass is 10.1. The van der Waals surface area contributed by atoms with Gasteiger partial charge in [0.25, 0.3) is 0 Å². The molecule has 0 atom stereocenters. The molecule has 4 heteroatoms. The largest absolute Gasteiger partial charge is 0.457 e. The molecule has 0 aliphatic rings. The Bertz CT molecular complexity index is 432. The molecule has 0 saturated heterocycles. The van der Waals surface area contributed by atoms with Crippen LogP contribution in [0.1, 0.15) is 27.2 Å². The normalized spacial score (nSPS) is 13.6. The molecule has 0 heterocycles. The Kier molecular flexibility index (Phi) is 6.50. The Hall–Kier alpha value is -0.796. The van der Waals surface area contributed by atoms with Crippen LogP contribution in [0.4, 0.5) is 0 Å². The van der Waals surface area contributed by atoms with Gasteiger partial charge in [-0.15, -0.1) is 11.5 Å². The van der Waals surface area contributed by atoms with E-state index in [1.54, 1.807) is 0 Å². The second kappa shape index (κ2) is 6.77. The van der Waals surface area contributed by atoms with Crippen LogP contribution in [0, 0.1) is 11.5 Å². The quantitative estimate of drug-likeness (QED) is 0.334. The molecule has 0 unspecified atom stereocenters. The summed E-state index contributed by atoms with van der Waals surface area (Å²) in [5.41, 5.74) is 5.69. The van der Waals surface area contributed by atoms with Crippen LogP contribution in [-0.2, 0) is 9.53 Å². The predicted octanol–water partition coefficient (Wildman–Crippen LogP) is 4.40. The van der Waals surface area contributed by atoms with Gasteiger partial charge in [-0.05, 0) is 20.8 Å². The average Bonchev–Trinajstić information content (AvgIpc) is 2.09. The molecule has 0 aromatic carbocycles. The molecule has 0 aliphatic carbocycles. The monoisotopic (exact) mass is 310 g/mol. The summed E-state index contributed by atoms with van der Waals surface area (Å²) in [4.78, 5) is 12.3. The number of hydrogen-bond donors (Lipinski definition) is 0. The molecule has 20 heavy (non-hydrogen) atoms. The van der Waals surface area contributed by atoms with Crippen molar-refractivity contribution in [1.29, 1.82) is 0 Å². The minimum absolute atomic E-state index is 0.218. The van der Waals surface area contributed by atoms with Gasteiger partial charge in [0.1, 0.15) is 13.7 Å². The summed E-state index contributed by atoms with van der Waals surface area (Å²) in [6.45, 7) is 18.9. The van der Waals surface area contributed by atoms with Gasteiger partial charge in [-0.25, -0.2) is 4.79 Å². The third-order valence-electron chi connectivity index (χ3n) is 2.01. The molecule has 0 spiro atoms. The van der Waals surface area contributed by atoms with Crippen LogP contribution in [0.15, 0.2) is 11.3 Å². The summed E-state index contributed by atoms with van der Waals surface area (Å²) in [6, 6.07) is 0. The average molecular weight is 311 g/mol. The molecular formula is C16H30O2Si2. The molecule has 2 nitrogen and oxygen atoms in total. The van der Waals surface area contributed by atoms with Crippen molar-refractivity contribution < 1.29 is 9.53 Å². The first-order valence-electron chi connectivity index (χ1n) is 7.15. The van der Waals surface area contributed by atoms with E-state index in [9.17, 15) is 4.79 Å². The van der Waals surface area contributed by atoms with Gasteiger partial charge in [0.2, 0.25) is 0 Å². The first-order valence-corrected chi connectivity index (χ1v) is 14.2. The van der Waals surface area contributed by atoms with Crippen molar-refractivity contribution in [2.45, 2.75) is 72.1 Å². The molecule has 0 aliphatic heterocycles. The highest BCUT2D eigenvalue weighted by atomic mass is 28.3. The van der Waals surface area contributed by atoms with E-state index in [1.807, 2.05) is 20.8 Å². The number of esters is 1. The van der Waals surface area contributed by atoms with E-state index in [-0.39, 0.29) is 5.97 Å². The zero-order valence-corrected chi connectivity index (χ0v) is 16.6. The van der Waals surface area contributed by atoms with E-state index in [0.717, 1.165) is 5.57 Å².